The van der Waals surface area contributed by atoms with Gasteiger partial charge in [0.05, 0.1) is 0 Å². The normalized spacial score (nSPS) is 9.06. The van der Waals surface area contributed by atoms with Gasteiger partial charge < -0.3 is 14.6 Å². The average Bonchev–Trinajstić information content (AvgIpc) is 2.30. The van der Waals surface area contributed by atoms with Gasteiger partial charge in [-0.25, -0.2) is 4.79 Å². The molecule has 0 aliphatic carbocycles. The van der Waals surface area contributed by atoms with E-state index in [4.69, 9.17) is 14.6 Å². The van der Waals surface area contributed by atoms with Gasteiger partial charge in [-0.05, 0) is 13.8 Å². The number of rotatable bonds is 5. The molecule has 0 unspecified atom stereocenters. The van der Waals surface area contributed by atoms with E-state index >= 15 is 0 Å². The Hall–Kier alpha value is -0.923. The molecule has 0 amide bonds. The van der Waals surface area contributed by atoms with Gasteiger partial charge in [0.15, 0.2) is 0 Å². The van der Waals surface area contributed by atoms with Crippen LogP contribution in [0.4, 0.5) is 0 Å². The molecule has 0 fully saturated rings. The van der Waals surface area contributed by atoms with E-state index in [0.29, 0.717) is 13.2 Å². The molecule has 4 nitrogen and oxygen atoms in total. The van der Waals surface area contributed by atoms with E-state index in [9.17, 15) is 4.79 Å². The minimum Gasteiger partial charge on any atom is -0.477 e. The largest absolute Gasteiger partial charge is 1.00 e. The van der Waals surface area contributed by atoms with Gasteiger partial charge in [-0.3, -0.25) is 0 Å². The van der Waals surface area contributed by atoms with E-state index in [2.05, 4.69) is 6.92 Å². The summed E-state index contributed by atoms with van der Waals surface area (Å²) in [7, 11) is 0. The van der Waals surface area contributed by atoms with E-state index in [1.807, 2.05) is 30.3 Å². The number of aliphatic carboxylic acids is 1. The third-order valence-corrected chi connectivity index (χ3v) is 1.68. The van der Waals surface area contributed by atoms with Crippen molar-refractivity contribution in [1.82, 2.24) is 0 Å². The van der Waals surface area contributed by atoms with Crippen molar-refractivity contribution in [3.05, 3.63) is 42.8 Å². The second kappa shape index (κ2) is 12.5. The van der Waals surface area contributed by atoms with Crippen LogP contribution in [-0.4, -0.2) is 30.6 Å². The number of benzene rings is 1. The van der Waals surface area contributed by atoms with Crippen molar-refractivity contribution in [3.63, 3.8) is 0 Å². The summed E-state index contributed by atoms with van der Waals surface area (Å²) in [6.07, 6.45) is -1.10. The van der Waals surface area contributed by atoms with Crippen LogP contribution in [0, 0.1) is 6.92 Å². The summed E-state index contributed by atoms with van der Waals surface area (Å²) in [4.78, 5) is 10.2. The van der Waals surface area contributed by atoms with Crippen LogP contribution >= 0.6 is 0 Å². The molecular weight excluding hydrogens is 227 g/mol. The summed E-state index contributed by atoms with van der Waals surface area (Å²) in [5.74, 6) is -1.08. The van der Waals surface area contributed by atoms with Crippen LogP contribution in [0.5, 0.6) is 0 Å². The second-order valence-electron chi connectivity index (χ2n) is 3.07. The van der Waals surface area contributed by atoms with Gasteiger partial charge in [0.25, 0.3) is 6.29 Å². The minimum atomic E-state index is -1.10. The number of carboxylic acid groups (broad SMARTS) is 1. The summed E-state index contributed by atoms with van der Waals surface area (Å²) in [6, 6.07) is 9.87. The molecule has 0 atom stereocenters. The zero-order valence-corrected chi connectivity index (χ0v) is 11.3. The van der Waals surface area contributed by atoms with Crippen LogP contribution in [0.1, 0.15) is 19.4 Å². The SMILES string of the molecule is CCOC(OCC)C(=O)O.[CH2-]c1ccccc1.[Li+]. The zero-order valence-electron chi connectivity index (χ0n) is 11.3. The molecule has 0 saturated carbocycles. The molecule has 5 heteroatoms. The molecule has 1 aromatic rings. The first-order chi connectivity index (χ1) is 8.11. The van der Waals surface area contributed by atoms with Crippen LogP contribution in [0.2, 0.25) is 0 Å². The van der Waals surface area contributed by atoms with Gasteiger partial charge in [0.1, 0.15) is 0 Å². The Balaban J connectivity index is 0. The standard InChI is InChI=1S/C7H7.C6H12O4.Li/c1-7-5-3-2-4-6-7;1-3-9-6(5(7)8)10-4-2;/h2-6H,1H2;6H,3-4H2,1-2H3,(H,7,8);/q-1;;+1. The van der Waals surface area contributed by atoms with Gasteiger partial charge in [0.2, 0.25) is 0 Å². The molecule has 0 radical (unpaired) electrons. The summed E-state index contributed by atoms with van der Waals surface area (Å²) in [6.45, 7) is 7.84. The van der Waals surface area contributed by atoms with Crippen LogP contribution in [0.25, 0.3) is 0 Å². The monoisotopic (exact) mass is 246 g/mol. The number of carboxylic acids is 1. The molecule has 18 heavy (non-hydrogen) atoms. The molecule has 1 rings (SSSR count). The molecule has 0 aromatic heterocycles. The van der Waals surface area contributed by atoms with Gasteiger partial charge in [-0.15, -0.1) is 12.1 Å². The van der Waals surface area contributed by atoms with Gasteiger partial charge in [-0.2, -0.15) is 24.6 Å². The van der Waals surface area contributed by atoms with Crippen LogP contribution in [-0.2, 0) is 14.3 Å². The number of hydrogen-bond donors (Lipinski definition) is 1. The predicted molar refractivity (Wildman–Crippen MR) is 65.6 cm³/mol. The van der Waals surface area contributed by atoms with E-state index in [-0.39, 0.29) is 18.9 Å². The Morgan fingerprint density at radius 1 is 1.22 bits per heavy atom. The minimum absolute atomic E-state index is 0. The maximum atomic E-state index is 10.2. The fourth-order valence-electron chi connectivity index (χ4n) is 0.971. The number of hydrogen-bond acceptors (Lipinski definition) is 3. The van der Waals surface area contributed by atoms with Crippen molar-refractivity contribution in [1.29, 1.82) is 0 Å². The third-order valence-electron chi connectivity index (χ3n) is 1.68. The van der Waals surface area contributed by atoms with Crippen LogP contribution < -0.4 is 18.9 Å². The van der Waals surface area contributed by atoms with Crippen molar-refractivity contribution in [2.75, 3.05) is 13.2 Å². The molecule has 1 aromatic carbocycles. The van der Waals surface area contributed by atoms with Crippen molar-refractivity contribution in [3.8, 4) is 0 Å². The first kappa shape index (κ1) is 19.4. The fourth-order valence-corrected chi connectivity index (χ4v) is 0.971. The Bertz CT molecular complexity index is 297. The molecular formula is C13H19LiO4. The zero-order chi connectivity index (χ0) is 13.1. The van der Waals surface area contributed by atoms with Crippen molar-refractivity contribution >= 4 is 5.97 Å². The molecule has 0 heterocycles. The fraction of sp³-hybridized carbons (Fsp3) is 0.385. The molecule has 0 saturated heterocycles. The first-order valence-corrected chi connectivity index (χ1v) is 5.44. The summed E-state index contributed by atoms with van der Waals surface area (Å²) in [5.41, 5.74) is 1.07. The molecule has 1 N–H and O–H groups in total. The number of carbonyl (C=O) groups is 1. The first-order valence-electron chi connectivity index (χ1n) is 5.44. The number of ether oxygens (including phenoxy) is 2. The van der Waals surface area contributed by atoms with E-state index in [1.54, 1.807) is 13.8 Å². The Morgan fingerprint density at radius 3 is 1.89 bits per heavy atom. The van der Waals surface area contributed by atoms with Gasteiger partial charge >= 0.3 is 24.8 Å². The second-order valence-corrected chi connectivity index (χ2v) is 3.07. The Labute approximate surface area is 120 Å². The van der Waals surface area contributed by atoms with Crippen LogP contribution in [0.3, 0.4) is 0 Å². The topological polar surface area (TPSA) is 55.8 Å². The molecule has 0 spiro atoms. The van der Waals surface area contributed by atoms with E-state index in [1.165, 1.54) is 0 Å². The predicted octanol–water partition coefficient (Wildman–Crippen LogP) is -0.657. The molecule has 0 bridgehead atoms. The molecule has 0 aliphatic rings. The summed E-state index contributed by atoms with van der Waals surface area (Å²) < 4.78 is 9.44. The maximum Gasteiger partial charge on any atom is 1.00 e. The molecule has 96 valence electrons. The summed E-state index contributed by atoms with van der Waals surface area (Å²) in [5, 5.41) is 8.39. The Morgan fingerprint density at radius 2 is 1.67 bits per heavy atom. The average molecular weight is 246 g/mol. The summed E-state index contributed by atoms with van der Waals surface area (Å²) >= 11 is 0. The maximum absolute atomic E-state index is 10.2. The van der Waals surface area contributed by atoms with Crippen molar-refractivity contribution in [2.45, 2.75) is 20.1 Å². The Kier molecular flexibility index (Phi) is 13.5. The van der Waals surface area contributed by atoms with Crippen molar-refractivity contribution in [2.24, 2.45) is 0 Å². The smallest absolute Gasteiger partial charge is 0.477 e. The van der Waals surface area contributed by atoms with Crippen LogP contribution in [0.15, 0.2) is 30.3 Å². The van der Waals surface area contributed by atoms with Gasteiger partial charge in [-0.1, -0.05) is 6.07 Å². The third kappa shape index (κ3) is 10.2. The van der Waals surface area contributed by atoms with Crippen molar-refractivity contribution < 1.29 is 38.2 Å². The van der Waals surface area contributed by atoms with E-state index < -0.39 is 12.3 Å². The van der Waals surface area contributed by atoms with Gasteiger partial charge in [0, 0.05) is 13.2 Å². The molecule has 0 aliphatic heterocycles. The van der Waals surface area contributed by atoms with E-state index in [0.717, 1.165) is 5.56 Å². The quantitative estimate of drug-likeness (QED) is 0.426.